The molecule has 0 amide bonds. The first-order valence-corrected chi connectivity index (χ1v) is 18.6. The number of fused-ring (bicyclic) bond motifs is 2. The number of ether oxygens (including phenoxy) is 4. The molecular formula is C40H52N8O4. The van der Waals surface area contributed by atoms with E-state index in [1.54, 1.807) is 28.4 Å². The van der Waals surface area contributed by atoms with Gasteiger partial charge < -0.3 is 34.5 Å². The summed E-state index contributed by atoms with van der Waals surface area (Å²) in [6.07, 6.45) is 13.5. The van der Waals surface area contributed by atoms with Gasteiger partial charge in [0.15, 0.2) is 23.0 Å². The van der Waals surface area contributed by atoms with E-state index in [0.717, 1.165) is 90.5 Å². The first-order valence-electron chi connectivity index (χ1n) is 18.6. The number of anilines is 2. The fraction of sp³-hybridized carbons (Fsp3) is 0.550. The molecule has 2 aliphatic heterocycles. The van der Waals surface area contributed by atoms with Crippen LogP contribution in [0.4, 0.5) is 11.4 Å². The third-order valence-corrected chi connectivity index (χ3v) is 12.5. The average molecular weight is 709 g/mol. The van der Waals surface area contributed by atoms with Gasteiger partial charge in [0.1, 0.15) is 0 Å². The highest BCUT2D eigenvalue weighted by atomic mass is 16.5. The fourth-order valence-corrected chi connectivity index (χ4v) is 8.90. The highest BCUT2D eigenvalue weighted by molar-refractivity contribution is 5.95. The van der Waals surface area contributed by atoms with Gasteiger partial charge in [-0.2, -0.15) is 0 Å². The molecule has 8 rings (SSSR count). The van der Waals surface area contributed by atoms with E-state index in [0.29, 0.717) is 23.6 Å². The summed E-state index contributed by atoms with van der Waals surface area (Å²) in [4.78, 5) is 16.9. The number of nitrogens with zero attached hydrogens (tertiary/aromatic N) is 7. The Balaban J connectivity index is 0.000000162. The van der Waals surface area contributed by atoms with Gasteiger partial charge in [-0.15, -0.1) is 0 Å². The molecule has 4 fully saturated rings. The number of hydrogen-bond donors (Lipinski definition) is 1. The molecule has 0 bridgehead atoms. The number of pyridine rings is 2. The molecule has 0 unspecified atom stereocenters. The Kier molecular flexibility index (Phi) is 10.4. The molecule has 0 atom stereocenters. The molecule has 2 aromatic heterocycles. The van der Waals surface area contributed by atoms with Crippen molar-refractivity contribution < 1.29 is 18.9 Å². The molecule has 4 aliphatic rings. The third-order valence-electron chi connectivity index (χ3n) is 12.5. The molecule has 12 heteroatoms. The minimum Gasteiger partial charge on any atom is -0.493 e. The predicted octanol–water partition coefficient (Wildman–Crippen LogP) is 7.77. The molecule has 0 radical (unpaired) electrons. The Bertz CT molecular complexity index is 1920. The van der Waals surface area contributed by atoms with Crippen LogP contribution in [0.3, 0.4) is 0 Å². The van der Waals surface area contributed by atoms with Crippen LogP contribution in [0.2, 0.25) is 0 Å². The summed E-state index contributed by atoms with van der Waals surface area (Å²) in [5, 5.41) is 6.08. The van der Waals surface area contributed by atoms with Crippen molar-refractivity contribution in [3.8, 4) is 23.0 Å². The third kappa shape index (κ3) is 6.94. The monoisotopic (exact) mass is 708 g/mol. The maximum atomic E-state index is 8.65. The van der Waals surface area contributed by atoms with Crippen molar-refractivity contribution in [3.63, 3.8) is 0 Å². The lowest BCUT2D eigenvalue weighted by molar-refractivity contribution is 0.259. The largest absolute Gasteiger partial charge is 0.493 e. The normalized spacial score (nSPS) is 19.3. The second-order valence-electron chi connectivity index (χ2n) is 14.9. The lowest BCUT2D eigenvalue weighted by atomic mass is 9.81. The van der Waals surface area contributed by atoms with Gasteiger partial charge in [0.2, 0.25) is 0 Å². The molecule has 2 aromatic carbocycles. The number of benzene rings is 2. The van der Waals surface area contributed by atoms with E-state index < -0.39 is 0 Å². The molecule has 2 saturated heterocycles. The van der Waals surface area contributed by atoms with Crippen LogP contribution in [-0.4, -0.2) is 77.7 Å². The molecule has 2 N–H and O–H groups in total. The second-order valence-corrected chi connectivity index (χ2v) is 14.9. The van der Waals surface area contributed by atoms with E-state index in [1.807, 2.05) is 36.7 Å². The van der Waals surface area contributed by atoms with Gasteiger partial charge in [0.25, 0.3) is 0 Å². The predicted molar refractivity (Wildman–Crippen MR) is 206 cm³/mol. The van der Waals surface area contributed by atoms with Gasteiger partial charge in [-0.25, -0.2) is 0 Å². The van der Waals surface area contributed by atoms with Crippen molar-refractivity contribution in [1.82, 2.24) is 9.97 Å². The molecule has 0 spiro atoms. The minimum absolute atomic E-state index is 0.273. The van der Waals surface area contributed by atoms with Crippen LogP contribution >= 0.6 is 0 Å². The molecular weight excluding hydrogens is 656 g/mol. The van der Waals surface area contributed by atoms with Crippen LogP contribution in [0.25, 0.3) is 32.2 Å². The summed E-state index contributed by atoms with van der Waals surface area (Å²) >= 11 is 0. The van der Waals surface area contributed by atoms with Crippen LogP contribution in [0.1, 0.15) is 51.4 Å². The van der Waals surface area contributed by atoms with Gasteiger partial charge in [-0.05, 0) is 110 Å². The van der Waals surface area contributed by atoms with Crippen LogP contribution in [0.15, 0.2) is 53.9 Å². The summed E-state index contributed by atoms with van der Waals surface area (Å²) in [5.74, 6) is 4.33. The number of hydrogen-bond acceptors (Lipinski definition) is 10. The van der Waals surface area contributed by atoms with Gasteiger partial charge in [0, 0.05) is 84.3 Å². The molecule has 4 aromatic rings. The number of rotatable bonds is 11. The first-order chi connectivity index (χ1) is 25.4. The Morgan fingerprint density at radius 3 is 1.46 bits per heavy atom. The average Bonchev–Trinajstić information content (AvgIpc) is 4.15. The van der Waals surface area contributed by atoms with E-state index in [9.17, 15) is 0 Å². The van der Waals surface area contributed by atoms with Crippen LogP contribution < -0.4 is 34.5 Å². The minimum atomic E-state index is 0.273. The van der Waals surface area contributed by atoms with Crippen LogP contribution in [-0.2, 0) is 0 Å². The molecule has 4 heterocycles. The molecule has 12 nitrogen and oxygen atoms in total. The van der Waals surface area contributed by atoms with Crippen molar-refractivity contribution in [2.24, 2.45) is 33.5 Å². The van der Waals surface area contributed by atoms with E-state index in [2.05, 4.69) is 41.9 Å². The first kappa shape index (κ1) is 35.7. The number of aromatic nitrogens is 2. The molecule has 276 valence electrons. The summed E-state index contributed by atoms with van der Waals surface area (Å²) in [7, 11) is 6.63. The molecule has 2 saturated carbocycles. The van der Waals surface area contributed by atoms with Crippen molar-refractivity contribution in [2.45, 2.75) is 51.4 Å². The highest BCUT2D eigenvalue weighted by Crippen LogP contribution is 2.56. The lowest BCUT2D eigenvalue weighted by Gasteiger charge is -2.37. The van der Waals surface area contributed by atoms with E-state index in [-0.39, 0.29) is 5.41 Å². The van der Waals surface area contributed by atoms with Crippen molar-refractivity contribution in [3.05, 3.63) is 59.2 Å². The quantitative estimate of drug-likeness (QED) is 0.0939. The smallest absolute Gasteiger partial charge is 0.162 e. The van der Waals surface area contributed by atoms with Crippen LogP contribution in [0, 0.1) is 22.7 Å². The highest BCUT2D eigenvalue weighted by Gasteiger charge is 2.49. The maximum Gasteiger partial charge on any atom is 0.162 e. The summed E-state index contributed by atoms with van der Waals surface area (Å²) in [5.41, 5.74) is 19.7. The topological polar surface area (TPSA) is 144 Å². The summed E-state index contributed by atoms with van der Waals surface area (Å²) in [6.45, 7) is 5.70. The second kappa shape index (κ2) is 15.1. The van der Waals surface area contributed by atoms with Gasteiger partial charge >= 0.3 is 0 Å². The van der Waals surface area contributed by atoms with E-state index in [1.165, 1.54) is 49.9 Å². The van der Waals surface area contributed by atoms with Crippen molar-refractivity contribution in [2.75, 3.05) is 77.5 Å². The zero-order chi connectivity index (χ0) is 36.3. The summed E-state index contributed by atoms with van der Waals surface area (Å²) in [6, 6.07) is 12.2. The van der Waals surface area contributed by atoms with Crippen LogP contribution in [0.5, 0.6) is 23.0 Å². The number of nitrogens with two attached hydrogens (primary N) is 1. The van der Waals surface area contributed by atoms with E-state index >= 15 is 0 Å². The Morgan fingerprint density at radius 2 is 1.10 bits per heavy atom. The number of piperidine rings is 2. The van der Waals surface area contributed by atoms with E-state index in [4.69, 9.17) is 30.2 Å². The Hall–Kier alpha value is -4.67. The maximum absolute atomic E-state index is 8.65. The molecule has 2 aliphatic carbocycles. The number of methoxy groups -OCH3 is 4. The lowest BCUT2D eigenvalue weighted by Crippen LogP contribution is -2.38. The number of azide groups is 1. The van der Waals surface area contributed by atoms with Gasteiger partial charge in [-0.3, -0.25) is 9.97 Å². The van der Waals surface area contributed by atoms with Crippen molar-refractivity contribution in [1.29, 1.82) is 0 Å². The Labute approximate surface area is 306 Å². The Morgan fingerprint density at radius 1 is 0.692 bits per heavy atom. The fourth-order valence-electron chi connectivity index (χ4n) is 8.90. The van der Waals surface area contributed by atoms with Gasteiger partial charge in [0.05, 0.1) is 39.5 Å². The van der Waals surface area contributed by atoms with Crippen molar-refractivity contribution >= 4 is 33.2 Å². The zero-order valence-corrected chi connectivity index (χ0v) is 31.0. The van der Waals surface area contributed by atoms with Gasteiger partial charge in [-0.1, -0.05) is 5.11 Å². The standard InChI is InChI=1S/C20H25N5O2.C20H27N3O2/c1-26-18-11-15-16(12-19(18)27-2)22-8-3-17(15)25-9-4-14(5-10-25)20(6-7-20)13-23-24-21;1-24-18-11-15-16(12-19(18)25-2)22-8-3-17(15)23-9-4-14(5-10-23)20(13-21)6-7-20/h3,8,11-12,14H,4-7,9-10,13H2,1-2H3;3,8,11-12,14H,4-7,9-10,13,21H2,1-2H3. The molecule has 52 heavy (non-hydrogen) atoms. The zero-order valence-electron chi connectivity index (χ0n) is 31.0. The summed E-state index contributed by atoms with van der Waals surface area (Å²) < 4.78 is 21.8. The SMILES string of the molecule is COc1cc2nccc(N3CCC(C4(CN)CC4)CC3)c2cc1OC.COc1cc2nccc(N3CCC(C4(CN=[N+]=[N-])CC4)CC3)c2cc1OC.